The predicted molar refractivity (Wildman–Crippen MR) is 83.6 cm³/mol. The van der Waals surface area contributed by atoms with Crippen molar-refractivity contribution in [2.75, 3.05) is 0 Å². The van der Waals surface area contributed by atoms with Crippen LogP contribution >= 0.6 is 0 Å². The van der Waals surface area contributed by atoms with Gasteiger partial charge in [0.15, 0.2) is 0 Å². The molecule has 0 aliphatic heterocycles. The summed E-state index contributed by atoms with van der Waals surface area (Å²) in [6.45, 7) is 0. The predicted octanol–water partition coefficient (Wildman–Crippen LogP) is 5.05. The van der Waals surface area contributed by atoms with E-state index in [4.69, 9.17) is 0 Å². The molecule has 0 bridgehead atoms. The van der Waals surface area contributed by atoms with Gasteiger partial charge in [0.25, 0.3) is 0 Å². The van der Waals surface area contributed by atoms with Crippen molar-refractivity contribution in [3.63, 3.8) is 0 Å². The Balaban J connectivity index is 1.83. The van der Waals surface area contributed by atoms with Gasteiger partial charge in [0.2, 0.25) is 0 Å². The van der Waals surface area contributed by atoms with Crippen molar-refractivity contribution in [3.8, 4) is 11.1 Å². The largest absolute Gasteiger partial charge is 0.0622 e. The van der Waals surface area contributed by atoms with E-state index in [-0.39, 0.29) is 0 Å². The molecule has 0 heteroatoms. The summed E-state index contributed by atoms with van der Waals surface area (Å²) < 4.78 is 0. The van der Waals surface area contributed by atoms with Gasteiger partial charge in [0.1, 0.15) is 0 Å². The number of fused-ring (bicyclic) bond motifs is 3. The quantitative estimate of drug-likeness (QED) is 0.601. The number of rotatable bonds is 2. The van der Waals surface area contributed by atoms with Gasteiger partial charge in [0, 0.05) is 12.3 Å². The van der Waals surface area contributed by atoms with E-state index in [1.807, 2.05) is 0 Å². The maximum atomic E-state index is 2.37. The first-order chi connectivity index (χ1) is 9.93. The van der Waals surface area contributed by atoms with Gasteiger partial charge in [-0.2, -0.15) is 0 Å². The second-order valence-electron chi connectivity index (χ2n) is 5.23. The Kier molecular flexibility index (Phi) is 2.67. The van der Waals surface area contributed by atoms with Crippen LogP contribution in [0.1, 0.15) is 22.6 Å². The first kappa shape index (κ1) is 11.5. The van der Waals surface area contributed by atoms with Crippen LogP contribution in [0.15, 0.2) is 78.9 Å². The van der Waals surface area contributed by atoms with Crippen molar-refractivity contribution in [3.05, 3.63) is 102 Å². The zero-order valence-corrected chi connectivity index (χ0v) is 11.2. The molecule has 0 atom stereocenters. The van der Waals surface area contributed by atoms with Crippen molar-refractivity contribution >= 4 is 0 Å². The SMILES string of the molecule is [CH](c1ccccc1)C1c2ccccc2-c2ccccc21. The molecule has 0 spiro atoms. The maximum Gasteiger partial charge on any atom is 0.0177 e. The molecule has 0 saturated heterocycles. The van der Waals surface area contributed by atoms with Gasteiger partial charge in [-0.25, -0.2) is 0 Å². The van der Waals surface area contributed by atoms with Gasteiger partial charge < -0.3 is 0 Å². The van der Waals surface area contributed by atoms with Gasteiger partial charge in [-0.1, -0.05) is 78.9 Å². The average Bonchev–Trinajstić information content (AvgIpc) is 2.84. The standard InChI is InChI=1S/C20H15/c1-2-8-15(9-3-1)14-20-18-12-6-4-10-16(18)17-11-5-7-13-19(17)20/h1-14,20H. The van der Waals surface area contributed by atoms with Crippen molar-refractivity contribution in [1.29, 1.82) is 0 Å². The third-order valence-electron chi connectivity index (χ3n) is 4.04. The van der Waals surface area contributed by atoms with Crippen LogP contribution in [0.25, 0.3) is 11.1 Å². The molecule has 0 aromatic heterocycles. The van der Waals surface area contributed by atoms with E-state index < -0.39 is 0 Å². The summed E-state index contributed by atoms with van der Waals surface area (Å²) in [5, 5.41) is 0. The minimum Gasteiger partial charge on any atom is -0.0622 e. The summed E-state index contributed by atoms with van der Waals surface area (Å²) >= 11 is 0. The van der Waals surface area contributed by atoms with E-state index in [2.05, 4.69) is 85.3 Å². The Labute approximate surface area is 119 Å². The van der Waals surface area contributed by atoms with Crippen LogP contribution in [0.3, 0.4) is 0 Å². The van der Waals surface area contributed by atoms with Crippen molar-refractivity contribution in [2.24, 2.45) is 0 Å². The van der Waals surface area contributed by atoms with E-state index in [1.54, 1.807) is 0 Å². The highest BCUT2D eigenvalue weighted by molar-refractivity contribution is 5.79. The highest BCUT2D eigenvalue weighted by atomic mass is 14.3. The summed E-state index contributed by atoms with van der Waals surface area (Å²) in [5.41, 5.74) is 6.86. The van der Waals surface area contributed by atoms with E-state index >= 15 is 0 Å². The normalized spacial score (nSPS) is 13.0. The average molecular weight is 255 g/mol. The van der Waals surface area contributed by atoms with Crippen LogP contribution in [-0.4, -0.2) is 0 Å². The Hall–Kier alpha value is -2.34. The summed E-state index contributed by atoms with van der Waals surface area (Å²) in [7, 11) is 0. The molecule has 4 rings (SSSR count). The fraction of sp³-hybridized carbons (Fsp3) is 0.0500. The lowest BCUT2D eigenvalue weighted by atomic mass is 9.90. The molecule has 20 heavy (non-hydrogen) atoms. The first-order valence-electron chi connectivity index (χ1n) is 7.01. The number of hydrogen-bond acceptors (Lipinski definition) is 0. The van der Waals surface area contributed by atoms with E-state index in [9.17, 15) is 0 Å². The highest BCUT2D eigenvalue weighted by Gasteiger charge is 2.27. The molecule has 3 aromatic rings. The van der Waals surface area contributed by atoms with Crippen LogP contribution in [0.5, 0.6) is 0 Å². The molecule has 1 aliphatic rings. The van der Waals surface area contributed by atoms with Gasteiger partial charge in [-0.3, -0.25) is 0 Å². The fourth-order valence-electron chi connectivity index (χ4n) is 3.13. The van der Waals surface area contributed by atoms with Crippen LogP contribution in [0, 0.1) is 6.42 Å². The summed E-state index contributed by atoms with van der Waals surface area (Å²) in [6.07, 6.45) is 2.37. The molecule has 0 heterocycles. The molecule has 0 amide bonds. The fourth-order valence-corrected chi connectivity index (χ4v) is 3.13. The van der Waals surface area contributed by atoms with Gasteiger partial charge in [0.05, 0.1) is 0 Å². The number of benzene rings is 3. The third kappa shape index (κ3) is 1.77. The Morgan fingerprint density at radius 1 is 0.550 bits per heavy atom. The van der Waals surface area contributed by atoms with Crippen molar-refractivity contribution < 1.29 is 0 Å². The lowest BCUT2D eigenvalue weighted by molar-refractivity contribution is 0.994. The zero-order valence-electron chi connectivity index (χ0n) is 11.2. The van der Waals surface area contributed by atoms with Crippen LogP contribution in [-0.2, 0) is 0 Å². The molecule has 0 N–H and O–H groups in total. The molecule has 3 aromatic carbocycles. The van der Waals surface area contributed by atoms with Gasteiger partial charge in [-0.15, -0.1) is 0 Å². The summed E-state index contributed by atoms with van der Waals surface area (Å²) in [6, 6.07) is 28.1. The van der Waals surface area contributed by atoms with Crippen molar-refractivity contribution in [2.45, 2.75) is 5.92 Å². The topological polar surface area (TPSA) is 0 Å². The minimum absolute atomic E-state index is 0.366. The Bertz CT molecular complexity index is 695. The molecular formula is C20H15. The molecule has 1 radical (unpaired) electrons. The van der Waals surface area contributed by atoms with Gasteiger partial charge >= 0.3 is 0 Å². The zero-order chi connectivity index (χ0) is 13.4. The monoisotopic (exact) mass is 255 g/mol. The Morgan fingerprint density at radius 3 is 1.65 bits per heavy atom. The molecule has 0 nitrogen and oxygen atoms in total. The molecule has 95 valence electrons. The number of hydrogen-bond donors (Lipinski definition) is 0. The van der Waals surface area contributed by atoms with E-state index in [1.165, 1.54) is 27.8 Å². The molecule has 1 aliphatic carbocycles. The molecule has 0 saturated carbocycles. The maximum absolute atomic E-state index is 2.37. The first-order valence-corrected chi connectivity index (χ1v) is 7.01. The molecule has 0 fully saturated rings. The highest BCUT2D eigenvalue weighted by Crippen LogP contribution is 2.46. The van der Waals surface area contributed by atoms with E-state index in [0.717, 1.165) is 0 Å². The summed E-state index contributed by atoms with van der Waals surface area (Å²) in [5.74, 6) is 0.366. The van der Waals surface area contributed by atoms with E-state index in [0.29, 0.717) is 5.92 Å². The second kappa shape index (κ2) is 4.64. The molecule has 0 unspecified atom stereocenters. The van der Waals surface area contributed by atoms with Crippen LogP contribution in [0.4, 0.5) is 0 Å². The van der Waals surface area contributed by atoms with Crippen molar-refractivity contribution in [1.82, 2.24) is 0 Å². The van der Waals surface area contributed by atoms with Crippen LogP contribution < -0.4 is 0 Å². The van der Waals surface area contributed by atoms with Gasteiger partial charge in [-0.05, 0) is 27.8 Å². The minimum atomic E-state index is 0.366. The molecular weight excluding hydrogens is 240 g/mol. The third-order valence-corrected chi connectivity index (χ3v) is 4.04. The van der Waals surface area contributed by atoms with Crippen LogP contribution in [0.2, 0.25) is 0 Å². The second-order valence-corrected chi connectivity index (χ2v) is 5.23. The smallest absolute Gasteiger partial charge is 0.0177 e. The summed E-state index contributed by atoms with van der Waals surface area (Å²) in [4.78, 5) is 0. The Morgan fingerprint density at radius 2 is 1.05 bits per heavy atom. The lowest BCUT2D eigenvalue weighted by Gasteiger charge is -2.13. The lowest BCUT2D eigenvalue weighted by Crippen LogP contribution is -1.98.